The molecule has 0 unspecified atom stereocenters. The summed E-state index contributed by atoms with van der Waals surface area (Å²) in [4.78, 5) is 4.96. The van der Waals surface area contributed by atoms with Gasteiger partial charge in [0.05, 0.1) is 0 Å². The summed E-state index contributed by atoms with van der Waals surface area (Å²) in [6, 6.07) is 55.4. The summed E-state index contributed by atoms with van der Waals surface area (Å²) >= 11 is 0. The molecule has 2 heterocycles. The summed E-state index contributed by atoms with van der Waals surface area (Å²) in [5, 5.41) is 5.11. The van der Waals surface area contributed by atoms with E-state index in [2.05, 4.69) is 161 Å². The predicted molar refractivity (Wildman–Crippen MR) is 175 cm³/mol. The topological polar surface area (TPSA) is 6.48 Å². The van der Waals surface area contributed by atoms with Gasteiger partial charge in [0.1, 0.15) is 0 Å². The summed E-state index contributed by atoms with van der Waals surface area (Å²) < 4.78 is 0. The minimum absolute atomic E-state index is 0.0989. The Kier molecular flexibility index (Phi) is 4.73. The van der Waals surface area contributed by atoms with Crippen molar-refractivity contribution < 1.29 is 0 Å². The van der Waals surface area contributed by atoms with E-state index in [1.807, 2.05) is 0 Å². The minimum Gasteiger partial charge on any atom is -0.311 e. The summed E-state index contributed by atoms with van der Waals surface area (Å²) in [7, 11) is 0. The second kappa shape index (κ2) is 8.61. The van der Waals surface area contributed by atoms with Gasteiger partial charge in [0.2, 0.25) is 0 Å². The Hall–Kier alpha value is -5.28. The lowest BCUT2D eigenvalue weighted by molar-refractivity contribution is 1.26. The molecule has 0 aliphatic carbocycles. The van der Waals surface area contributed by atoms with E-state index in [-0.39, 0.29) is 6.71 Å². The maximum Gasteiger partial charge on any atom is 0.252 e. The van der Waals surface area contributed by atoms with Gasteiger partial charge in [-0.3, -0.25) is 0 Å². The van der Waals surface area contributed by atoms with Crippen molar-refractivity contribution in [3.8, 4) is 0 Å². The van der Waals surface area contributed by atoms with Crippen LogP contribution in [-0.4, -0.2) is 6.71 Å². The van der Waals surface area contributed by atoms with Crippen LogP contribution in [0.3, 0.4) is 0 Å². The molecular formula is C38H25BN2. The van der Waals surface area contributed by atoms with E-state index < -0.39 is 0 Å². The fourth-order valence-corrected chi connectivity index (χ4v) is 7.17. The number of para-hydroxylation sites is 2. The van der Waals surface area contributed by atoms with E-state index >= 15 is 0 Å². The summed E-state index contributed by atoms with van der Waals surface area (Å²) in [5.74, 6) is 0. The van der Waals surface area contributed by atoms with Crippen LogP contribution >= 0.6 is 0 Å². The molecule has 0 saturated heterocycles. The van der Waals surface area contributed by atoms with E-state index in [1.165, 1.54) is 72.1 Å². The Morgan fingerprint density at radius 2 is 0.902 bits per heavy atom. The van der Waals surface area contributed by atoms with Crippen molar-refractivity contribution >= 4 is 78.8 Å². The maximum atomic E-state index is 2.49. The lowest BCUT2D eigenvalue weighted by Crippen LogP contribution is -2.61. The van der Waals surface area contributed by atoms with Crippen LogP contribution in [0.15, 0.2) is 152 Å². The number of benzene rings is 7. The molecule has 2 aliphatic heterocycles. The summed E-state index contributed by atoms with van der Waals surface area (Å²) in [6.45, 7) is 0.0989. The van der Waals surface area contributed by atoms with Crippen LogP contribution in [0.2, 0.25) is 0 Å². The zero-order valence-electron chi connectivity index (χ0n) is 22.4. The van der Waals surface area contributed by atoms with Gasteiger partial charge in [-0.2, -0.15) is 0 Å². The number of anilines is 6. The molecule has 190 valence electrons. The smallest absolute Gasteiger partial charge is 0.252 e. The molecule has 0 saturated carbocycles. The Morgan fingerprint density at radius 3 is 1.63 bits per heavy atom. The van der Waals surface area contributed by atoms with Crippen LogP contribution in [0.1, 0.15) is 0 Å². The molecule has 2 nitrogen and oxygen atoms in total. The molecule has 0 amide bonds. The Labute approximate surface area is 239 Å². The van der Waals surface area contributed by atoms with Crippen molar-refractivity contribution in [2.45, 2.75) is 0 Å². The van der Waals surface area contributed by atoms with Gasteiger partial charge in [0.15, 0.2) is 0 Å². The largest absolute Gasteiger partial charge is 0.311 e. The van der Waals surface area contributed by atoms with Crippen LogP contribution in [-0.2, 0) is 0 Å². The third kappa shape index (κ3) is 3.15. The van der Waals surface area contributed by atoms with Crippen LogP contribution < -0.4 is 26.2 Å². The predicted octanol–water partition coefficient (Wildman–Crippen LogP) is 8.08. The second-order valence-corrected chi connectivity index (χ2v) is 10.9. The molecule has 7 aromatic rings. The van der Waals surface area contributed by atoms with Gasteiger partial charge in [-0.15, -0.1) is 0 Å². The molecule has 0 N–H and O–H groups in total. The van der Waals surface area contributed by atoms with Gasteiger partial charge < -0.3 is 9.80 Å². The van der Waals surface area contributed by atoms with Gasteiger partial charge in [0.25, 0.3) is 6.71 Å². The number of hydrogen-bond acceptors (Lipinski definition) is 2. The number of rotatable bonds is 2. The SMILES string of the molecule is c1ccc(N2c3cccc4c3B(c3ccc5ccccc5c3N4c3ccccc3)c3c2ccc2ccccc32)cc1. The lowest BCUT2D eigenvalue weighted by atomic mass is 9.33. The molecule has 41 heavy (non-hydrogen) atoms. The fourth-order valence-electron chi connectivity index (χ4n) is 7.17. The van der Waals surface area contributed by atoms with Crippen molar-refractivity contribution in [3.63, 3.8) is 0 Å². The van der Waals surface area contributed by atoms with Crippen molar-refractivity contribution in [2.24, 2.45) is 0 Å². The van der Waals surface area contributed by atoms with Crippen molar-refractivity contribution in [1.82, 2.24) is 0 Å². The number of nitrogens with zero attached hydrogens (tertiary/aromatic N) is 2. The second-order valence-electron chi connectivity index (χ2n) is 10.9. The molecule has 0 spiro atoms. The van der Waals surface area contributed by atoms with Crippen molar-refractivity contribution in [3.05, 3.63) is 152 Å². The van der Waals surface area contributed by atoms with Gasteiger partial charge >= 0.3 is 0 Å². The average Bonchev–Trinajstić information content (AvgIpc) is 3.05. The highest BCUT2D eigenvalue weighted by Gasteiger charge is 2.44. The van der Waals surface area contributed by atoms with Gasteiger partial charge in [-0.25, -0.2) is 0 Å². The molecule has 9 rings (SSSR count). The quantitative estimate of drug-likeness (QED) is 0.213. The van der Waals surface area contributed by atoms with Gasteiger partial charge in [-0.1, -0.05) is 109 Å². The third-order valence-corrected chi connectivity index (χ3v) is 8.80. The fraction of sp³-hybridized carbons (Fsp3) is 0. The van der Waals surface area contributed by atoms with Crippen LogP contribution in [0.5, 0.6) is 0 Å². The first-order chi connectivity index (χ1) is 20.4. The Balaban J connectivity index is 1.47. The van der Waals surface area contributed by atoms with Gasteiger partial charge in [0, 0.05) is 39.5 Å². The lowest BCUT2D eigenvalue weighted by Gasteiger charge is -2.44. The average molecular weight is 520 g/mol. The van der Waals surface area contributed by atoms with Crippen molar-refractivity contribution in [1.29, 1.82) is 0 Å². The highest BCUT2D eigenvalue weighted by molar-refractivity contribution is 7.01. The minimum atomic E-state index is 0.0989. The molecule has 0 aromatic heterocycles. The molecule has 3 heteroatoms. The highest BCUT2D eigenvalue weighted by Crippen LogP contribution is 2.46. The summed E-state index contributed by atoms with van der Waals surface area (Å²) in [6.07, 6.45) is 0. The molecular weight excluding hydrogens is 495 g/mol. The van der Waals surface area contributed by atoms with E-state index in [9.17, 15) is 0 Å². The van der Waals surface area contributed by atoms with Crippen LogP contribution in [0, 0.1) is 0 Å². The maximum absolute atomic E-state index is 2.49. The third-order valence-electron chi connectivity index (χ3n) is 8.80. The molecule has 2 aliphatic rings. The van der Waals surface area contributed by atoms with E-state index in [0.29, 0.717) is 0 Å². The number of hydrogen-bond donors (Lipinski definition) is 0. The Morgan fingerprint density at radius 1 is 0.366 bits per heavy atom. The molecule has 0 fully saturated rings. The molecule has 0 radical (unpaired) electrons. The normalized spacial score (nSPS) is 13.2. The highest BCUT2D eigenvalue weighted by atomic mass is 15.2. The first-order valence-corrected chi connectivity index (χ1v) is 14.2. The zero-order chi connectivity index (χ0) is 26.9. The molecule has 0 atom stereocenters. The van der Waals surface area contributed by atoms with Crippen LogP contribution in [0.25, 0.3) is 21.5 Å². The van der Waals surface area contributed by atoms with E-state index in [0.717, 1.165) is 0 Å². The van der Waals surface area contributed by atoms with E-state index in [4.69, 9.17) is 0 Å². The summed E-state index contributed by atoms with van der Waals surface area (Å²) in [5.41, 5.74) is 11.4. The standard InChI is InChI=1S/C38H25BN2/c1-3-14-28(15-4-1)40-33-20-11-21-34-37(33)39(36-30-18-9-7-12-26(30)23-25-35(36)40)32-24-22-27-13-8-10-19-31(27)38(32)41(34)29-16-5-2-6-17-29/h1-25H. The molecule has 0 bridgehead atoms. The first-order valence-electron chi connectivity index (χ1n) is 14.2. The monoisotopic (exact) mass is 520 g/mol. The van der Waals surface area contributed by atoms with E-state index in [1.54, 1.807) is 0 Å². The van der Waals surface area contributed by atoms with Gasteiger partial charge in [-0.05, 0) is 75.0 Å². The first kappa shape index (κ1) is 22.5. The Bertz CT molecular complexity index is 2120. The molecule has 7 aromatic carbocycles. The zero-order valence-corrected chi connectivity index (χ0v) is 22.4. The van der Waals surface area contributed by atoms with Crippen LogP contribution in [0.4, 0.5) is 34.1 Å². The number of fused-ring (bicyclic) bond motifs is 8. The van der Waals surface area contributed by atoms with Crippen molar-refractivity contribution in [2.75, 3.05) is 9.80 Å².